The van der Waals surface area contributed by atoms with E-state index in [-0.39, 0.29) is 5.41 Å². The van der Waals surface area contributed by atoms with Crippen molar-refractivity contribution < 1.29 is 4.42 Å². The van der Waals surface area contributed by atoms with Gasteiger partial charge in [0.2, 0.25) is 0 Å². The van der Waals surface area contributed by atoms with E-state index in [0.717, 1.165) is 56.0 Å². The molecular formula is C43H30N2O. The third kappa shape index (κ3) is 4.20. The molecule has 0 spiro atoms. The van der Waals surface area contributed by atoms with E-state index in [4.69, 9.17) is 14.4 Å². The third-order valence-electron chi connectivity index (χ3n) is 9.49. The smallest absolute Gasteiger partial charge is 0.160 e. The highest BCUT2D eigenvalue weighted by molar-refractivity contribution is 6.07. The number of benzene rings is 6. The Morgan fingerprint density at radius 3 is 1.87 bits per heavy atom. The van der Waals surface area contributed by atoms with E-state index in [0.29, 0.717) is 0 Å². The number of fused-ring (bicyclic) bond motifs is 6. The summed E-state index contributed by atoms with van der Waals surface area (Å²) in [6.07, 6.45) is 0. The number of hydrogen-bond donors (Lipinski definition) is 0. The molecule has 8 aromatic rings. The molecular weight excluding hydrogens is 560 g/mol. The Labute approximate surface area is 267 Å². The summed E-state index contributed by atoms with van der Waals surface area (Å²) in [5, 5.41) is 2.33. The standard InChI is InChI=1S/C43H30N2O/c1-43(2)36-23-30(20-21-32(36)34-24-35-33-18-9-10-19-40(33)46-41(35)25-37(34)43)29-16-11-17-31(22-29)39-26-38(27-12-5-3-6-13-27)44-42(45-39)28-14-7-4-8-15-28/h3-26H,1-2H3. The number of aromatic nitrogens is 2. The lowest BCUT2D eigenvalue weighted by atomic mass is 9.81. The fourth-order valence-corrected chi connectivity index (χ4v) is 7.06. The summed E-state index contributed by atoms with van der Waals surface area (Å²) in [5.41, 5.74) is 14.2. The largest absolute Gasteiger partial charge is 0.456 e. The predicted octanol–water partition coefficient (Wildman–Crippen LogP) is 11.4. The van der Waals surface area contributed by atoms with Gasteiger partial charge in [0, 0.05) is 32.9 Å². The Hall–Kier alpha value is -5.80. The Morgan fingerprint density at radius 1 is 0.435 bits per heavy atom. The Morgan fingerprint density at radius 2 is 1.07 bits per heavy atom. The van der Waals surface area contributed by atoms with Gasteiger partial charge >= 0.3 is 0 Å². The number of furan rings is 1. The Bertz CT molecular complexity index is 2380. The van der Waals surface area contributed by atoms with Gasteiger partial charge in [-0.3, -0.25) is 0 Å². The highest BCUT2D eigenvalue weighted by Crippen LogP contribution is 2.51. The van der Waals surface area contributed by atoms with Crippen LogP contribution in [0.25, 0.3) is 78.1 Å². The summed E-state index contributed by atoms with van der Waals surface area (Å²) < 4.78 is 6.28. The third-order valence-corrected chi connectivity index (χ3v) is 9.49. The molecule has 0 atom stereocenters. The first-order valence-corrected chi connectivity index (χ1v) is 15.7. The zero-order chi connectivity index (χ0) is 30.8. The predicted molar refractivity (Wildman–Crippen MR) is 189 cm³/mol. The van der Waals surface area contributed by atoms with Gasteiger partial charge in [0.25, 0.3) is 0 Å². The van der Waals surface area contributed by atoms with Gasteiger partial charge in [0.05, 0.1) is 11.4 Å². The van der Waals surface area contributed by atoms with Crippen molar-refractivity contribution in [3.8, 4) is 56.2 Å². The van der Waals surface area contributed by atoms with Crippen molar-refractivity contribution in [1.29, 1.82) is 0 Å². The normalized spacial score (nSPS) is 13.2. The van der Waals surface area contributed by atoms with Crippen molar-refractivity contribution in [3.05, 3.63) is 157 Å². The van der Waals surface area contributed by atoms with Crippen molar-refractivity contribution >= 4 is 21.9 Å². The average Bonchev–Trinajstić information content (AvgIpc) is 3.59. The lowest BCUT2D eigenvalue weighted by molar-refractivity contribution is 0.647. The molecule has 0 aliphatic heterocycles. The molecule has 0 saturated heterocycles. The monoisotopic (exact) mass is 590 g/mol. The van der Waals surface area contributed by atoms with Gasteiger partial charge in [0.1, 0.15) is 11.2 Å². The van der Waals surface area contributed by atoms with Crippen LogP contribution in [0.3, 0.4) is 0 Å². The lowest BCUT2D eigenvalue weighted by Crippen LogP contribution is -2.15. The minimum Gasteiger partial charge on any atom is -0.456 e. The summed E-state index contributed by atoms with van der Waals surface area (Å²) in [4.78, 5) is 10.0. The summed E-state index contributed by atoms with van der Waals surface area (Å²) in [6, 6.07) is 51.2. The first-order valence-electron chi connectivity index (χ1n) is 15.7. The molecule has 0 fully saturated rings. The summed E-state index contributed by atoms with van der Waals surface area (Å²) in [7, 11) is 0. The van der Waals surface area contributed by atoms with Crippen molar-refractivity contribution in [2.45, 2.75) is 19.3 Å². The molecule has 2 aromatic heterocycles. The maximum absolute atomic E-state index is 6.28. The summed E-state index contributed by atoms with van der Waals surface area (Å²) >= 11 is 0. The van der Waals surface area contributed by atoms with Gasteiger partial charge in [-0.2, -0.15) is 0 Å². The molecule has 3 nitrogen and oxygen atoms in total. The van der Waals surface area contributed by atoms with Crippen molar-refractivity contribution in [1.82, 2.24) is 9.97 Å². The summed E-state index contributed by atoms with van der Waals surface area (Å²) in [6.45, 7) is 4.65. The minimum absolute atomic E-state index is 0.159. The van der Waals surface area contributed by atoms with Crippen LogP contribution in [0.4, 0.5) is 0 Å². The quantitative estimate of drug-likeness (QED) is 0.205. The van der Waals surface area contributed by atoms with Crippen LogP contribution in [0, 0.1) is 0 Å². The molecule has 46 heavy (non-hydrogen) atoms. The highest BCUT2D eigenvalue weighted by Gasteiger charge is 2.36. The number of para-hydroxylation sites is 1. The van der Waals surface area contributed by atoms with E-state index in [1.807, 2.05) is 48.5 Å². The van der Waals surface area contributed by atoms with Crippen LogP contribution in [0.15, 0.2) is 150 Å². The maximum Gasteiger partial charge on any atom is 0.160 e. The number of hydrogen-bond acceptors (Lipinski definition) is 3. The van der Waals surface area contributed by atoms with E-state index in [1.165, 1.54) is 33.2 Å². The second-order valence-electron chi connectivity index (χ2n) is 12.7. The Balaban J connectivity index is 1.15. The second-order valence-corrected chi connectivity index (χ2v) is 12.7. The molecule has 2 heterocycles. The number of rotatable bonds is 4. The molecule has 1 aliphatic carbocycles. The lowest BCUT2D eigenvalue weighted by Gasteiger charge is -2.22. The Kier molecular flexibility index (Phi) is 5.85. The molecule has 0 amide bonds. The van der Waals surface area contributed by atoms with Crippen LogP contribution < -0.4 is 0 Å². The molecule has 0 radical (unpaired) electrons. The first kappa shape index (κ1) is 26.6. The van der Waals surface area contributed by atoms with E-state index in [1.54, 1.807) is 0 Å². The van der Waals surface area contributed by atoms with E-state index >= 15 is 0 Å². The highest BCUT2D eigenvalue weighted by atomic mass is 16.3. The fraction of sp³-hybridized carbons (Fsp3) is 0.0698. The zero-order valence-electron chi connectivity index (χ0n) is 25.7. The molecule has 0 bridgehead atoms. The van der Waals surface area contributed by atoms with Crippen LogP contribution in [0.1, 0.15) is 25.0 Å². The van der Waals surface area contributed by atoms with Crippen molar-refractivity contribution in [3.63, 3.8) is 0 Å². The summed E-state index contributed by atoms with van der Waals surface area (Å²) in [5.74, 6) is 0.720. The molecule has 0 unspecified atom stereocenters. The van der Waals surface area contributed by atoms with Gasteiger partial charge in [-0.1, -0.05) is 123 Å². The molecule has 6 aromatic carbocycles. The number of nitrogens with zero attached hydrogens (tertiary/aromatic N) is 2. The maximum atomic E-state index is 6.28. The van der Waals surface area contributed by atoms with E-state index in [9.17, 15) is 0 Å². The first-order chi connectivity index (χ1) is 22.5. The second kappa shape index (κ2) is 10.1. The minimum atomic E-state index is -0.159. The van der Waals surface area contributed by atoms with Crippen LogP contribution in [0.5, 0.6) is 0 Å². The van der Waals surface area contributed by atoms with Gasteiger partial charge in [-0.25, -0.2) is 9.97 Å². The van der Waals surface area contributed by atoms with Crippen molar-refractivity contribution in [2.24, 2.45) is 0 Å². The van der Waals surface area contributed by atoms with Crippen LogP contribution in [-0.4, -0.2) is 9.97 Å². The van der Waals surface area contributed by atoms with Gasteiger partial charge in [-0.15, -0.1) is 0 Å². The van der Waals surface area contributed by atoms with E-state index in [2.05, 4.69) is 111 Å². The SMILES string of the molecule is CC1(C)c2cc(-c3cccc(-c4cc(-c5ccccc5)nc(-c5ccccc5)n4)c3)ccc2-c2cc3c(cc21)oc1ccccc13. The van der Waals surface area contributed by atoms with Crippen molar-refractivity contribution in [2.75, 3.05) is 0 Å². The van der Waals surface area contributed by atoms with Gasteiger partial charge < -0.3 is 4.42 Å². The molecule has 3 heteroatoms. The van der Waals surface area contributed by atoms with Crippen LogP contribution in [0.2, 0.25) is 0 Å². The van der Waals surface area contributed by atoms with Crippen LogP contribution in [-0.2, 0) is 5.41 Å². The molecule has 0 N–H and O–H groups in total. The molecule has 9 rings (SSSR count). The zero-order valence-corrected chi connectivity index (χ0v) is 25.7. The molecule has 0 saturated carbocycles. The molecule has 218 valence electrons. The average molecular weight is 591 g/mol. The van der Waals surface area contributed by atoms with Gasteiger partial charge in [0.15, 0.2) is 5.82 Å². The van der Waals surface area contributed by atoms with Gasteiger partial charge in [-0.05, 0) is 69.8 Å². The topological polar surface area (TPSA) is 38.9 Å². The fourth-order valence-electron chi connectivity index (χ4n) is 7.06. The van der Waals surface area contributed by atoms with E-state index < -0.39 is 0 Å². The molecule has 1 aliphatic rings. The van der Waals surface area contributed by atoms with Crippen LogP contribution >= 0.6 is 0 Å².